The second-order valence-corrected chi connectivity index (χ2v) is 6.09. The first-order valence-corrected chi connectivity index (χ1v) is 7.05. The molecule has 0 bridgehead atoms. The molecule has 0 saturated carbocycles. The van der Waals surface area contributed by atoms with Crippen LogP contribution >= 0.6 is 24.0 Å². The molecule has 3 nitrogen and oxygen atoms in total. The van der Waals surface area contributed by atoms with Crippen LogP contribution in [0, 0.1) is 11.7 Å². The number of hydrogen-bond donors (Lipinski definition) is 2. The standard InChI is InChI=1S/C16H26FN3.HI/c1-12(2)10-19-15(18-5)20-11-16(3,4)13-7-6-8-14(17)9-13;/h6-9,12H,10-11H2,1-5H3,(H2,18,19,20);1H. The molecule has 1 rings (SSSR count). The van der Waals surface area contributed by atoms with E-state index in [1.165, 1.54) is 6.07 Å². The van der Waals surface area contributed by atoms with Crippen molar-refractivity contribution in [2.75, 3.05) is 20.1 Å². The second-order valence-electron chi connectivity index (χ2n) is 6.09. The van der Waals surface area contributed by atoms with Crippen LogP contribution < -0.4 is 10.6 Å². The van der Waals surface area contributed by atoms with Gasteiger partial charge in [-0.1, -0.05) is 39.8 Å². The first-order chi connectivity index (χ1) is 9.35. The lowest BCUT2D eigenvalue weighted by atomic mass is 9.84. The Morgan fingerprint density at radius 1 is 1.29 bits per heavy atom. The van der Waals surface area contributed by atoms with Gasteiger partial charge in [0.15, 0.2) is 5.96 Å². The van der Waals surface area contributed by atoms with Crippen molar-refractivity contribution in [3.8, 4) is 0 Å². The third-order valence-electron chi connectivity index (χ3n) is 3.21. The number of rotatable bonds is 5. The van der Waals surface area contributed by atoms with Gasteiger partial charge >= 0.3 is 0 Å². The van der Waals surface area contributed by atoms with Crippen molar-refractivity contribution in [2.45, 2.75) is 33.1 Å². The molecule has 0 heterocycles. The molecule has 21 heavy (non-hydrogen) atoms. The number of nitrogens with zero attached hydrogens (tertiary/aromatic N) is 1. The molecule has 0 spiro atoms. The summed E-state index contributed by atoms with van der Waals surface area (Å²) in [5, 5.41) is 6.57. The predicted octanol–water partition coefficient (Wildman–Crippen LogP) is 3.54. The van der Waals surface area contributed by atoms with E-state index in [2.05, 4.69) is 43.3 Å². The summed E-state index contributed by atoms with van der Waals surface area (Å²) in [6.45, 7) is 10.0. The van der Waals surface area contributed by atoms with E-state index in [4.69, 9.17) is 0 Å². The first kappa shape index (κ1) is 20.1. The minimum atomic E-state index is -0.196. The van der Waals surface area contributed by atoms with Gasteiger partial charge in [0, 0.05) is 25.6 Å². The van der Waals surface area contributed by atoms with Crippen molar-refractivity contribution in [3.63, 3.8) is 0 Å². The SMILES string of the molecule is CN=C(NCC(C)C)NCC(C)(C)c1cccc(F)c1.I. The third-order valence-corrected chi connectivity index (χ3v) is 3.21. The molecular formula is C16H27FIN3. The molecule has 0 amide bonds. The van der Waals surface area contributed by atoms with Crippen LogP contribution in [-0.2, 0) is 5.41 Å². The summed E-state index contributed by atoms with van der Waals surface area (Å²) < 4.78 is 13.3. The molecule has 1 aromatic rings. The molecule has 0 aliphatic rings. The van der Waals surface area contributed by atoms with E-state index >= 15 is 0 Å². The minimum Gasteiger partial charge on any atom is -0.356 e. The van der Waals surface area contributed by atoms with E-state index in [-0.39, 0.29) is 35.2 Å². The zero-order valence-corrected chi connectivity index (χ0v) is 15.9. The van der Waals surface area contributed by atoms with Crippen LogP contribution in [-0.4, -0.2) is 26.1 Å². The quantitative estimate of drug-likeness (QED) is 0.445. The average Bonchev–Trinajstić information content (AvgIpc) is 2.38. The van der Waals surface area contributed by atoms with Crippen LogP contribution in [0.3, 0.4) is 0 Å². The van der Waals surface area contributed by atoms with Crippen LogP contribution in [0.25, 0.3) is 0 Å². The van der Waals surface area contributed by atoms with Crippen LogP contribution in [0.4, 0.5) is 4.39 Å². The zero-order valence-electron chi connectivity index (χ0n) is 13.5. The van der Waals surface area contributed by atoms with E-state index in [9.17, 15) is 4.39 Å². The fourth-order valence-electron chi connectivity index (χ4n) is 1.84. The van der Waals surface area contributed by atoms with Crippen molar-refractivity contribution in [1.29, 1.82) is 0 Å². The van der Waals surface area contributed by atoms with Crippen molar-refractivity contribution in [3.05, 3.63) is 35.6 Å². The summed E-state index contributed by atoms with van der Waals surface area (Å²) >= 11 is 0. The fraction of sp³-hybridized carbons (Fsp3) is 0.562. The van der Waals surface area contributed by atoms with Crippen molar-refractivity contribution >= 4 is 29.9 Å². The Morgan fingerprint density at radius 2 is 1.95 bits per heavy atom. The highest BCUT2D eigenvalue weighted by Gasteiger charge is 2.21. The highest BCUT2D eigenvalue weighted by molar-refractivity contribution is 14.0. The van der Waals surface area contributed by atoms with Gasteiger partial charge in [-0.3, -0.25) is 4.99 Å². The largest absolute Gasteiger partial charge is 0.356 e. The molecule has 0 fully saturated rings. The van der Waals surface area contributed by atoms with Gasteiger partial charge in [-0.2, -0.15) is 0 Å². The molecule has 0 unspecified atom stereocenters. The molecule has 1 aromatic carbocycles. The van der Waals surface area contributed by atoms with E-state index in [1.54, 1.807) is 19.2 Å². The minimum absolute atomic E-state index is 0. The predicted molar refractivity (Wildman–Crippen MR) is 99.0 cm³/mol. The average molecular weight is 407 g/mol. The fourth-order valence-corrected chi connectivity index (χ4v) is 1.84. The van der Waals surface area contributed by atoms with Crippen LogP contribution in [0.15, 0.2) is 29.3 Å². The zero-order chi connectivity index (χ0) is 15.2. The van der Waals surface area contributed by atoms with Crippen molar-refractivity contribution < 1.29 is 4.39 Å². The number of benzene rings is 1. The van der Waals surface area contributed by atoms with Gasteiger partial charge in [0.05, 0.1) is 0 Å². The Morgan fingerprint density at radius 3 is 2.48 bits per heavy atom. The summed E-state index contributed by atoms with van der Waals surface area (Å²) in [7, 11) is 1.75. The maximum absolute atomic E-state index is 13.3. The van der Waals surface area contributed by atoms with Crippen molar-refractivity contribution in [1.82, 2.24) is 10.6 Å². The summed E-state index contributed by atoms with van der Waals surface area (Å²) in [6, 6.07) is 6.76. The van der Waals surface area contributed by atoms with Gasteiger partial charge in [0.25, 0.3) is 0 Å². The molecule has 0 saturated heterocycles. The first-order valence-electron chi connectivity index (χ1n) is 7.05. The highest BCUT2D eigenvalue weighted by atomic mass is 127. The Balaban J connectivity index is 0.00000400. The van der Waals surface area contributed by atoms with Crippen LogP contribution in [0.1, 0.15) is 33.3 Å². The number of halogens is 2. The number of aliphatic imine (C=N–C) groups is 1. The summed E-state index contributed by atoms with van der Waals surface area (Å²) in [6.07, 6.45) is 0. The molecule has 5 heteroatoms. The molecule has 0 radical (unpaired) electrons. The van der Waals surface area contributed by atoms with E-state index < -0.39 is 0 Å². The summed E-state index contributed by atoms with van der Waals surface area (Å²) in [5.41, 5.74) is 0.807. The lowest BCUT2D eigenvalue weighted by Gasteiger charge is -2.27. The van der Waals surface area contributed by atoms with Crippen LogP contribution in [0.2, 0.25) is 0 Å². The smallest absolute Gasteiger partial charge is 0.191 e. The third kappa shape index (κ3) is 7.11. The van der Waals surface area contributed by atoms with Gasteiger partial charge in [0.1, 0.15) is 5.82 Å². The van der Waals surface area contributed by atoms with Gasteiger partial charge in [0.2, 0.25) is 0 Å². The van der Waals surface area contributed by atoms with Crippen molar-refractivity contribution in [2.24, 2.45) is 10.9 Å². The Labute approximate surface area is 144 Å². The molecule has 120 valence electrons. The molecular weight excluding hydrogens is 380 g/mol. The molecule has 0 aliphatic heterocycles. The summed E-state index contributed by atoms with van der Waals surface area (Å²) in [4.78, 5) is 4.19. The Bertz CT molecular complexity index is 459. The van der Waals surface area contributed by atoms with E-state index in [0.717, 1.165) is 18.1 Å². The second kappa shape index (κ2) is 9.23. The van der Waals surface area contributed by atoms with Gasteiger partial charge in [-0.05, 0) is 23.6 Å². The van der Waals surface area contributed by atoms with E-state index in [1.807, 2.05) is 6.07 Å². The molecule has 0 atom stereocenters. The van der Waals surface area contributed by atoms with E-state index in [0.29, 0.717) is 12.5 Å². The lowest BCUT2D eigenvalue weighted by molar-refractivity contribution is 0.500. The number of hydrogen-bond acceptors (Lipinski definition) is 1. The normalized spacial score (nSPS) is 12.0. The molecule has 0 aromatic heterocycles. The maximum Gasteiger partial charge on any atom is 0.191 e. The van der Waals surface area contributed by atoms with Gasteiger partial charge in [-0.25, -0.2) is 4.39 Å². The number of nitrogens with one attached hydrogen (secondary N) is 2. The van der Waals surface area contributed by atoms with Crippen LogP contribution in [0.5, 0.6) is 0 Å². The van der Waals surface area contributed by atoms with Gasteiger partial charge in [-0.15, -0.1) is 24.0 Å². The topological polar surface area (TPSA) is 36.4 Å². The Hall–Kier alpha value is -0.850. The monoisotopic (exact) mass is 407 g/mol. The van der Waals surface area contributed by atoms with Gasteiger partial charge < -0.3 is 10.6 Å². The summed E-state index contributed by atoms with van der Waals surface area (Å²) in [5.74, 6) is 1.14. The Kier molecular flexibility index (Phi) is 8.85. The number of guanidine groups is 1. The molecule has 2 N–H and O–H groups in total. The highest BCUT2D eigenvalue weighted by Crippen LogP contribution is 2.22. The lowest BCUT2D eigenvalue weighted by Crippen LogP contribution is -2.44. The molecule has 0 aliphatic carbocycles. The maximum atomic E-state index is 13.3.